The van der Waals surface area contributed by atoms with E-state index >= 15 is 0 Å². The number of Topliss-reactive ketones (excluding diaryl/α,β-unsaturated/α-hetero) is 1. The second-order valence-corrected chi connectivity index (χ2v) is 18.3. The Morgan fingerprint density at radius 2 is 1.49 bits per heavy atom. The van der Waals surface area contributed by atoms with Gasteiger partial charge in [0.05, 0.1) is 11.2 Å². The summed E-state index contributed by atoms with van der Waals surface area (Å²) in [4.78, 5) is 13.1. The number of rotatable bonds is 15. The minimum absolute atomic E-state index is 0.118. The SMILES string of the molecule is CC12CCC3c4ccc(B5OC(C)(C)C(C)(C)O5)cc4CC(CCCCCCCCC[S+]([O-])CCCC(F)(F)C(F)(F)F)C3C1CCC2=O. The van der Waals surface area contributed by atoms with Crippen molar-refractivity contribution in [1.29, 1.82) is 0 Å². The van der Waals surface area contributed by atoms with Gasteiger partial charge in [-0.1, -0.05) is 68.4 Å². The normalized spacial score (nSPS) is 29.9. The highest BCUT2D eigenvalue weighted by Gasteiger charge is 2.58. The molecule has 11 heteroatoms. The maximum atomic E-state index is 13.1. The van der Waals surface area contributed by atoms with Crippen molar-refractivity contribution in [3.8, 4) is 0 Å². The standard InChI is InChI=1S/C38H56BF5O4S/c1-34(2)35(3,4)48-39(47-34)28-15-16-29-27(25-28)24-26(33-30(29)19-21-36(5)31(33)17-18-32(36)45)14-11-9-7-6-8-10-12-22-49(46)23-13-20-37(40,41)38(42,43)44/h15-16,25-26,30-31,33H,6-14,17-24H2,1-5H3. The summed E-state index contributed by atoms with van der Waals surface area (Å²) in [6.45, 7) is 10.6. The fraction of sp³-hybridized carbons (Fsp3) is 0.816. The number of benzene rings is 1. The summed E-state index contributed by atoms with van der Waals surface area (Å²) < 4.78 is 87.9. The quantitative estimate of drug-likeness (QED) is 0.0787. The maximum absolute atomic E-state index is 13.1. The zero-order chi connectivity index (χ0) is 35.8. The predicted octanol–water partition coefficient (Wildman–Crippen LogP) is 9.48. The van der Waals surface area contributed by atoms with Crippen LogP contribution in [0, 0.1) is 23.2 Å². The average molecular weight is 715 g/mol. The molecule has 1 heterocycles. The second-order valence-electron chi connectivity index (χ2n) is 16.6. The predicted molar refractivity (Wildman–Crippen MR) is 186 cm³/mol. The van der Waals surface area contributed by atoms with Gasteiger partial charge in [0.1, 0.15) is 17.3 Å². The van der Waals surface area contributed by atoms with Crippen molar-refractivity contribution in [1.82, 2.24) is 0 Å². The fourth-order valence-corrected chi connectivity index (χ4v) is 10.4. The van der Waals surface area contributed by atoms with Crippen molar-refractivity contribution in [3.05, 3.63) is 29.3 Å². The molecule has 4 aliphatic rings. The first-order chi connectivity index (χ1) is 22.9. The molecule has 1 saturated heterocycles. The molecular formula is C38H56BF5O4S. The Balaban J connectivity index is 1.10. The third-order valence-corrected chi connectivity index (χ3v) is 14.4. The van der Waals surface area contributed by atoms with Crippen molar-refractivity contribution in [2.24, 2.45) is 23.2 Å². The molecule has 0 aromatic heterocycles. The lowest BCUT2D eigenvalue weighted by Crippen LogP contribution is -2.46. The minimum atomic E-state index is -5.55. The summed E-state index contributed by atoms with van der Waals surface area (Å²) in [5.41, 5.74) is 2.98. The molecule has 1 aliphatic heterocycles. The van der Waals surface area contributed by atoms with Crippen molar-refractivity contribution < 1.29 is 40.6 Å². The summed E-state index contributed by atoms with van der Waals surface area (Å²) in [7, 11) is -0.384. The molecule has 49 heavy (non-hydrogen) atoms. The smallest absolute Gasteiger partial charge is 0.494 e. The van der Waals surface area contributed by atoms with E-state index < -0.39 is 47.3 Å². The molecule has 0 amide bonds. The van der Waals surface area contributed by atoms with Gasteiger partial charge in [-0.2, -0.15) is 22.0 Å². The first kappa shape index (κ1) is 39.1. The van der Waals surface area contributed by atoms with Crippen LogP contribution in [0.1, 0.15) is 142 Å². The molecule has 3 aliphatic carbocycles. The van der Waals surface area contributed by atoms with Gasteiger partial charge in [-0.05, 0) is 119 Å². The first-order valence-corrected chi connectivity index (χ1v) is 20.2. The Labute approximate surface area is 293 Å². The maximum Gasteiger partial charge on any atom is 0.494 e. The number of carbonyl (C=O) groups is 1. The third kappa shape index (κ3) is 8.41. The number of hydrogen-bond acceptors (Lipinski definition) is 4. The van der Waals surface area contributed by atoms with E-state index in [9.17, 15) is 31.3 Å². The summed E-state index contributed by atoms with van der Waals surface area (Å²) in [6.07, 6.45) is 5.71. The lowest BCUT2D eigenvalue weighted by Gasteiger charge is -2.52. The van der Waals surface area contributed by atoms with Crippen molar-refractivity contribution in [3.63, 3.8) is 0 Å². The lowest BCUT2D eigenvalue weighted by atomic mass is 9.52. The molecule has 0 radical (unpaired) electrons. The number of alkyl halides is 5. The summed E-state index contributed by atoms with van der Waals surface area (Å²) in [5.74, 6) is -2.03. The van der Waals surface area contributed by atoms with E-state index in [0.29, 0.717) is 48.0 Å². The molecule has 276 valence electrons. The number of fused-ring (bicyclic) bond motifs is 5. The zero-order valence-electron chi connectivity index (χ0n) is 30.1. The number of halogens is 5. The molecule has 1 aromatic rings. The number of hydrogen-bond donors (Lipinski definition) is 0. The number of unbranched alkanes of at least 4 members (excludes halogenated alkanes) is 6. The van der Waals surface area contributed by atoms with Crippen LogP contribution in [-0.4, -0.2) is 52.3 Å². The van der Waals surface area contributed by atoms with Gasteiger partial charge in [0, 0.05) is 18.3 Å². The number of carbonyl (C=O) groups excluding carboxylic acids is 1. The highest BCUT2D eigenvalue weighted by Crippen LogP contribution is 2.61. The van der Waals surface area contributed by atoms with Gasteiger partial charge in [0.2, 0.25) is 0 Å². The van der Waals surface area contributed by atoms with E-state index in [1.54, 1.807) is 0 Å². The highest BCUT2D eigenvalue weighted by molar-refractivity contribution is 7.91. The first-order valence-electron chi connectivity index (χ1n) is 18.7. The lowest BCUT2D eigenvalue weighted by molar-refractivity contribution is -0.284. The zero-order valence-corrected chi connectivity index (χ0v) is 30.9. The Morgan fingerprint density at radius 1 is 0.878 bits per heavy atom. The molecule has 6 unspecified atom stereocenters. The van der Waals surface area contributed by atoms with Crippen molar-refractivity contribution in [2.75, 3.05) is 11.5 Å². The average Bonchev–Trinajstić information content (AvgIpc) is 3.44. The van der Waals surface area contributed by atoms with Gasteiger partial charge in [0.15, 0.2) is 0 Å². The van der Waals surface area contributed by atoms with E-state index in [1.165, 1.54) is 11.1 Å². The van der Waals surface area contributed by atoms with Crippen LogP contribution in [0.5, 0.6) is 0 Å². The summed E-state index contributed by atoms with van der Waals surface area (Å²) in [5, 5.41) is 0. The van der Waals surface area contributed by atoms with Gasteiger partial charge in [0.25, 0.3) is 0 Å². The van der Waals surface area contributed by atoms with E-state index in [0.717, 1.165) is 76.1 Å². The molecule has 0 bridgehead atoms. The second kappa shape index (κ2) is 15.1. The summed E-state index contributed by atoms with van der Waals surface area (Å²) >= 11 is -1.37. The van der Waals surface area contributed by atoms with Crippen LogP contribution in [0.15, 0.2) is 18.2 Å². The van der Waals surface area contributed by atoms with E-state index in [-0.39, 0.29) is 18.3 Å². The van der Waals surface area contributed by atoms with Gasteiger partial charge < -0.3 is 13.9 Å². The van der Waals surface area contributed by atoms with E-state index in [1.807, 2.05) is 0 Å². The van der Waals surface area contributed by atoms with Crippen LogP contribution in [-0.2, 0) is 31.7 Å². The molecule has 2 saturated carbocycles. The molecule has 0 spiro atoms. The highest BCUT2D eigenvalue weighted by atomic mass is 32.2. The Morgan fingerprint density at radius 3 is 2.14 bits per heavy atom. The monoisotopic (exact) mass is 714 g/mol. The topological polar surface area (TPSA) is 58.6 Å². The fourth-order valence-electron chi connectivity index (χ4n) is 9.24. The molecule has 3 fully saturated rings. The largest absolute Gasteiger partial charge is 0.616 e. The van der Waals surface area contributed by atoms with Gasteiger partial charge >= 0.3 is 19.2 Å². The Bertz CT molecular complexity index is 1290. The molecule has 0 N–H and O–H groups in total. The van der Waals surface area contributed by atoms with Crippen LogP contribution in [0.25, 0.3) is 0 Å². The molecule has 6 atom stereocenters. The Hall–Kier alpha value is -1.17. The van der Waals surface area contributed by atoms with Crippen LogP contribution >= 0.6 is 0 Å². The van der Waals surface area contributed by atoms with Gasteiger partial charge in [-0.3, -0.25) is 4.79 Å². The van der Waals surface area contributed by atoms with E-state index in [2.05, 4.69) is 52.8 Å². The van der Waals surface area contributed by atoms with Crippen molar-refractivity contribution in [2.45, 2.75) is 160 Å². The third-order valence-electron chi connectivity index (χ3n) is 12.9. The van der Waals surface area contributed by atoms with Gasteiger partial charge in [-0.25, -0.2) is 0 Å². The summed E-state index contributed by atoms with van der Waals surface area (Å²) in [6, 6.07) is 6.85. The van der Waals surface area contributed by atoms with Crippen LogP contribution in [0.2, 0.25) is 0 Å². The van der Waals surface area contributed by atoms with Crippen LogP contribution < -0.4 is 5.46 Å². The Kier molecular flexibility index (Phi) is 12.0. The van der Waals surface area contributed by atoms with E-state index in [4.69, 9.17) is 9.31 Å². The number of ketones is 1. The molecule has 1 aromatic carbocycles. The van der Waals surface area contributed by atoms with Crippen LogP contribution in [0.3, 0.4) is 0 Å². The molecule has 4 nitrogen and oxygen atoms in total. The molecular weight excluding hydrogens is 658 g/mol. The minimum Gasteiger partial charge on any atom is -0.616 e. The van der Waals surface area contributed by atoms with Crippen molar-refractivity contribution >= 4 is 29.5 Å². The molecule has 5 rings (SSSR count). The van der Waals surface area contributed by atoms with Crippen LogP contribution in [0.4, 0.5) is 22.0 Å². The van der Waals surface area contributed by atoms with Gasteiger partial charge in [-0.15, -0.1) is 0 Å².